The van der Waals surface area contributed by atoms with E-state index in [4.69, 9.17) is 0 Å². The summed E-state index contributed by atoms with van der Waals surface area (Å²) >= 11 is 6.54. The van der Waals surface area contributed by atoms with Crippen molar-refractivity contribution in [2.45, 2.75) is 12.3 Å². The van der Waals surface area contributed by atoms with Crippen LogP contribution in [-0.2, 0) is 6.18 Å². The third kappa shape index (κ3) is 3.24. The van der Waals surface area contributed by atoms with E-state index in [-0.39, 0.29) is 5.56 Å². The molecule has 0 aliphatic heterocycles. The summed E-state index contributed by atoms with van der Waals surface area (Å²) in [7, 11) is 0. The van der Waals surface area contributed by atoms with Crippen molar-refractivity contribution in [2.24, 2.45) is 0 Å². The van der Waals surface area contributed by atoms with E-state index in [1.165, 1.54) is 18.2 Å². The predicted octanol–water partition coefficient (Wildman–Crippen LogP) is 5.31. The van der Waals surface area contributed by atoms with Gasteiger partial charge in [-0.25, -0.2) is 0 Å². The Labute approximate surface area is 130 Å². The monoisotopic (exact) mass is 408 g/mol. The zero-order chi connectivity index (χ0) is 14.9. The molecule has 1 unspecified atom stereocenters. The van der Waals surface area contributed by atoms with Gasteiger partial charge in [-0.3, -0.25) is 0 Å². The number of aliphatic hydroxyl groups excluding tert-OH is 1. The zero-order valence-corrected chi connectivity index (χ0v) is 13.1. The van der Waals surface area contributed by atoms with Gasteiger partial charge in [0.1, 0.15) is 6.10 Å². The van der Waals surface area contributed by atoms with Crippen LogP contribution in [0, 0.1) is 0 Å². The van der Waals surface area contributed by atoms with Crippen LogP contribution in [0.1, 0.15) is 22.8 Å². The first kappa shape index (κ1) is 15.5. The van der Waals surface area contributed by atoms with Crippen molar-refractivity contribution in [3.8, 4) is 0 Å². The Kier molecular flexibility index (Phi) is 4.56. The van der Waals surface area contributed by atoms with E-state index in [2.05, 4.69) is 31.9 Å². The molecule has 2 aromatic rings. The van der Waals surface area contributed by atoms with Crippen LogP contribution in [0.4, 0.5) is 13.2 Å². The van der Waals surface area contributed by atoms with Gasteiger partial charge in [0.15, 0.2) is 0 Å². The molecule has 0 aliphatic rings. The van der Waals surface area contributed by atoms with Crippen molar-refractivity contribution in [2.75, 3.05) is 0 Å². The lowest BCUT2D eigenvalue weighted by Crippen LogP contribution is -2.12. The van der Waals surface area contributed by atoms with E-state index in [1.807, 2.05) is 0 Å². The molecule has 0 aliphatic carbocycles. The van der Waals surface area contributed by atoms with Crippen molar-refractivity contribution >= 4 is 31.9 Å². The van der Waals surface area contributed by atoms with E-state index in [0.29, 0.717) is 10.0 Å². The van der Waals surface area contributed by atoms with E-state index in [1.54, 1.807) is 18.2 Å². The van der Waals surface area contributed by atoms with Crippen molar-refractivity contribution in [3.63, 3.8) is 0 Å². The molecule has 0 bridgehead atoms. The van der Waals surface area contributed by atoms with Gasteiger partial charge in [-0.05, 0) is 61.2 Å². The molecule has 106 valence electrons. The molecular formula is C14H9Br2F3O. The van der Waals surface area contributed by atoms with Crippen molar-refractivity contribution in [3.05, 3.63) is 68.1 Å². The molecule has 0 aromatic heterocycles. The lowest BCUT2D eigenvalue weighted by atomic mass is 9.96. The number of halogens is 5. The molecule has 2 aromatic carbocycles. The second-order valence-corrected chi connectivity index (χ2v) is 5.87. The zero-order valence-electron chi connectivity index (χ0n) is 9.96. The van der Waals surface area contributed by atoms with Gasteiger partial charge in [0.25, 0.3) is 0 Å². The molecule has 1 nitrogen and oxygen atoms in total. The number of benzene rings is 2. The van der Waals surface area contributed by atoms with Gasteiger partial charge in [0.2, 0.25) is 0 Å². The average molecular weight is 410 g/mol. The van der Waals surface area contributed by atoms with Crippen LogP contribution < -0.4 is 0 Å². The Bertz CT molecular complexity index is 626. The molecule has 0 radical (unpaired) electrons. The van der Waals surface area contributed by atoms with Crippen LogP contribution in [-0.4, -0.2) is 5.11 Å². The maximum absolute atomic E-state index is 12.9. The molecule has 1 N–H and O–H groups in total. The van der Waals surface area contributed by atoms with Crippen LogP contribution in [0.2, 0.25) is 0 Å². The van der Waals surface area contributed by atoms with Crippen LogP contribution in [0.15, 0.2) is 51.4 Å². The number of hydrogen-bond acceptors (Lipinski definition) is 1. The van der Waals surface area contributed by atoms with Crippen LogP contribution in [0.3, 0.4) is 0 Å². The first-order valence-corrected chi connectivity index (χ1v) is 7.18. The maximum Gasteiger partial charge on any atom is 0.416 e. The smallest absolute Gasteiger partial charge is 0.384 e. The maximum atomic E-state index is 12.9. The van der Waals surface area contributed by atoms with Crippen molar-refractivity contribution < 1.29 is 18.3 Å². The Morgan fingerprint density at radius 3 is 2.20 bits per heavy atom. The fourth-order valence-electron chi connectivity index (χ4n) is 1.86. The van der Waals surface area contributed by atoms with Gasteiger partial charge in [-0.2, -0.15) is 13.2 Å². The quantitative estimate of drug-likeness (QED) is 0.712. The summed E-state index contributed by atoms with van der Waals surface area (Å²) in [6.45, 7) is 0. The van der Waals surface area contributed by atoms with E-state index >= 15 is 0 Å². The lowest BCUT2D eigenvalue weighted by molar-refractivity contribution is -0.139. The van der Waals surface area contributed by atoms with E-state index in [9.17, 15) is 18.3 Å². The minimum atomic E-state index is -4.50. The fraction of sp³-hybridized carbons (Fsp3) is 0.143. The average Bonchev–Trinajstić information content (AvgIpc) is 2.40. The van der Waals surface area contributed by atoms with Gasteiger partial charge in [0.05, 0.1) is 5.56 Å². The standard InChI is InChI=1S/C14H9Br2F3O/c15-11-6-5-8(7-12(11)16)13(20)9-3-1-2-4-10(9)14(17,18)19/h1-7,13,20H. The highest BCUT2D eigenvalue weighted by Crippen LogP contribution is 2.37. The first-order valence-electron chi connectivity index (χ1n) is 5.60. The summed E-state index contributed by atoms with van der Waals surface area (Å²) in [5.41, 5.74) is -0.600. The Morgan fingerprint density at radius 2 is 1.60 bits per heavy atom. The van der Waals surface area contributed by atoms with Gasteiger partial charge >= 0.3 is 6.18 Å². The lowest BCUT2D eigenvalue weighted by Gasteiger charge is -2.18. The largest absolute Gasteiger partial charge is 0.416 e. The highest BCUT2D eigenvalue weighted by molar-refractivity contribution is 9.13. The van der Waals surface area contributed by atoms with Gasteiger partial charge in [-0.1, -0.05) is 24.3 Å². The van der Waals surface area contributed by atoms with Crippen molar-refractivity contribution in [1.82, 2.24) is 0 Å². The number of alkyl halides is 3. The molecule has 0 amide bonds. The number of aliphatic hydroxyl groups is 1. The second-order valence-electron chi connectivity index (χ2n) is 4.16. The molecule has 0 saturated heterocycles. The van der Waals surface area contributed by atoms with Crippen LogP contribution >= 0.6 is 31.9 Å². The molecule has 0 saturated carbocycles. The Balaban J connectivity index is 2.48. The molecule has 1 atom stereocenters. The predicted molar refractivity (Wildman–Crippen MR) is 77.3 cm³/mol. The summed E-state index contributed by atoms with van der Waals surface area (Å²) < 4.78 is 40.2. The highest BCUT2D eigenvalue weighted by Gasteiger charge is 2.34. The van der Waals surface area contributed by atoms with Crippen LogP contribution in [0.25, 0.3) is 0 Å². The second kappa shape index (κ2) is 5.87. The summed E-state index contributed by atoms with van der Waals surface area (Å²) in [5.74, 6) is 0. The molecule has 0 spiro atoms. The third-order valence-electron chi connectivity index (χ3n) is 2.82. The van der Waals surface area contributed by atoms with Gasteiger partial charge in [0, 0.05) is 8.95 Å². The van der Waals surface area contributed by atoms with Gasteiger partial charge < -0.3 is 5.11 Å². The topological polar surface area (TPSA) is 20.2 Å². The number of rotatable bonds is 2. The first-order chi connectivity index (χ1) is 9.30. The van der Waals surface area contributed by atoms with Gasteiger partial charge in [-0.15, -0.1) is 0 Å². The molecule has 2 rings (SSSR count). The van der Waals surface area contributed by atoms with E-state index < -0.39 is 17.8 Å². The van der Waals surface area contributed by atoms with E-state index in [0.717, 1.165) is 10.5 Å². The minimum Gasteiger partial charge on any atom is -0.384 e. The molecule has 20 heavy (non-hydrogen) atoms. The molecule has 6 heteroatoms. The third-order valence-corrected chi connectivity index (χ3v) is 4.70. The number of hydrogen-bond donors (Lipinski definition) is 1. The molecular weight excluding hydrogens is 401 g/mol. The van der Waals surface area contributed by atoms with Crippen molar-refractivity contribution in [1.29, 1.82) is 0 Å². The summed E-state index contributed by atoms with van der Waals surface area (Å²) in [6, 6.07) is 9.85. The summed E-state index contributed by atoms with van der Waals surface area (Å²) in [4.78, 5) is 0. The molecule has 0 heterocycles. The molecule has 0 fully saturated rings. The van der Waals surface area contributed by atoms with Crippen LogP contribution in [0.5, 0.6) is 0 Å². The Hall–Kier alpha value is -0.850. The SMILES string of the molecule is OC(c1ccc(Br)c(Br)c1)c1ccccc1C(F)(F)F. The summed E-state index contributed by atoms with van der Waals surface area (Å²) in [5, 5.41) is 10.2. The Morgan fingerprint density at radius 1 is 0.950 bits per heavy atom. The normalized spacial score (nSPS) is 13.3. The summed E-state index contributed by atoms with van der Waals surface area (Å²) in [6.07, 6.45) is -5.83. The minimum absolute atomic E-state index is 0.158. The highest BCUT2D eigenvalue weighted by atomic mass is 79.9. The fourth-order valence-corrected chi connectivity index (χ4v) is 2.50.